The number of carbonyl (C=O) groups excluding carboxylic acids is 1. The van der Waals surface area contributed by atoms with E-state index >= 15 is 0 Å². The summed E-state index contributed by atoms with van der Waals surface area (Å²) in [5, 5.41) is 3.46. The van der Waals surface area contributed by atoms with Gasteiger partial charge in [0.2, 0.25) is 5.91 Å². The Morgan fingerprint density at radius 2 is 1.90 bits per heavy atom. The Labute approximate surface area is 184 Å². The lowest BCUT2D eigenvalue weighted by molar-refractivity contribution is -0.111. The summed E-state index contributed by atoms with van der Waals surface area (Å²) in [6.45, 7) is 5.48. The summed E-state index contributed by atoms with van der Waals surface area (Å²) < 4.78 is 17.6. The highest BCUT2D eigenvalue weighted by Crippen LogP contribution is 2.31. The fraction of sp³-hybridized carbons (Fsp3) is 0.304. The van der Waals surface area contributed by atoms with Gasteiger partial charge in [0.05, 0.1) is 23.4 Å². The van der Waals surface area contributed by atoms with Crippen LogP contribution in [0.3, 0.4) is 0 Å². The fourth-order valence-electron chi connectivity index (χ4n) is 3.62. The molecule has 0 radical (unpaired) electrons. The lowest BCUT2D eigenvalue weighted by Gasteiger charge is -2.26. The van der Waals surface area contributed by atoms with Crippen molar-refractivity contribution >= 4 is 38.7 Å². The van der Waals surface area contributed by atoms with E-state index in [2.05, 4.69) is 27.3 Å². The van der Waals surface area contributed by atoms with Crippen molar-refractivity contribution in [3.05, 3.63) is 53.6 Å². The molecule has 5 rings (SSSR count). The van der Waals surface area contributed by atoms with Crippen LogP contribution in [-0.2, 0) is 16.1 Å². The maximum absolute atomic E-state index is 12.4. The summed E-state index contributed by atoms with van der Waals surface area (Å²) in [5.41, 5.74) is 3.01. The maximum Gasteiger partial charge on any atom is 0.250 e. The molecule has 31 heavy (non-hydrogen) atoms. The first-order valence-electron chi connectivity index (χ1n) is 10.3. The number of hydrogen-bond acceptors (Lipinski definition) is 7. The van der Waals surface area contributed by atoms with Crippen molar-refractivity contribution in [3.8, 4) is 11.5 Å². The maximum atomic E-state index is 12.4. The van der Waals surface area contributed by atoms with Gasteiger partial charge in [0.1, 0.15) is 13.2 Å². The molecule has 160 valence electrons. The summed E-state index contributed by atoms with van der Waals surface area (Å²) >= 11 is 1.49. The van der Waals surface area contributed by atoms with Crippen molar-refractivity contribution in [2.24, 2.45) is 0 Å². The molecule has 2 aliphatic heterocycles. The predicted octanol–water partition coefficient (Wildman–Crippen LogP) is 3.55. The zero-order valence-electron chi connectivity index (χ0n) is 17.0. The second-order valence-electron chi connectivity index (χ2n) is 7.44. The molecule has 3 heterocycles. The standard InChI is InChI=1S/C23H23N3O4S/c27-22(6-3-16-2-5-19-20(13-16)30-12-11-29-19)25-23-24-18-4-1-17(14-21(18)31-23)15-26-7-9-28-10-8-26/h1-6,13-14H,7-12,15H2,(H,24,25,27)/b6-3-. The van der Waals surface area contributed by atoms with Crippen LogP contribution in [-0.4, -0.2) is 55.3 Å². The van der Waals surface area contributed by atoms with Crippen LogP contribution in [0, 0.1) is 0 Å². The van der Waals surface area contributed by atoms with Crippen LogP contribution in [0.15, 0.2) is 42.5 Å². The molecule has 2 aliphatic rings. The van der Waals surface area contributed by atoms with Gasteiger partial charge in [0, 0.05) is 25.7 Å². The first-order valence-corrected chi connectivity index (χ1v) is 11.1. The zero-order chi connectivity index (χ0) is 21.0. The van der Waals surface area contributed by atoms with E-state index in [1.807, 2.05) is 24.3 Å². The Hall–Kier alpha value is -2.94. The van der Waals surface area contributed by atoms with Gasteiger partial charge in [-0.2, -0.15) is 0 Å². The Morgan fingerprint density at radius 3 is 2.77 bits per heavy atom. The molecule has 1 saturated heterocycles. The van der Waals surface area contributed by atoms with E-state index in [-0.39, 0.29) is 5.91 Å². The average molecular weight is 438 g/mol. The SMILES string of the molecule is O=C(/C=C\c1ccc2c(c1)OCCO2)Nc1nc2ccc(CN3CCOCC3)cc2s1. The van der Waals surface area contributed by atoms with Crippen LogP contribution in [0.5, 0.6) is 11.5 Å². The third kappa shape index (κ3) is 4.87. The van der Waals surface area contributed by atoms with E-state index < -0.39 is 0 Å². The number of morpholine rings is 1. The van der Waals surface area contributed by atoms with Gasteiger partial charge < -0.3 is 14.2 Å². The van der Waals surface area contributed by atoms with Crippen molar-refractivity contribution in [3.63, 3.8) is 0 Å². The Bertz CT molecular complexity index is 1120. The lowest BCUT2D eigenvalue weighted by Crippen LogP contribution is -2.35. The van der Waals surface area contributed by atoms with E-state index in [1.165, 1.54) is 23.0 Å². The molecule has 2 aromatic carbocycles. The second kappa shape index (κ2) is 9.05. The van der Waals surface area contributed by atoms with Crippen LogP contribution >= 0.6 is 11.3 Å². The van der Waals surface area contributed by atoms with Crippen LogP contribution in [0.2, 0.25) is 0 Å². The van der Waals surface area contributed by atoms with Gasteiger partial charge in [-0.1, -0.05) is 23.5 Å². The third-order valence-electron chi connectivity index (χ3n) is 5.19. The van der Waals surface area contributed by atoms with Gasteiger partial charge in [0.25, 0.3) is 0 Å². The topological polar surface area (TPSA) is 72.9 Å². The molecule has 1 N–H and O–H groups in total. The van der Waals surface area contributed by atoms with E-state index in [4.69, 9.17) is 14.2 Å². The zero-order valence-corrected chi connectivity index (χ0v) is 17.8. The van der Waals surface area contributed by atoms with Crippen molar-refractivity contribution < 1.29 is 19.0 Å². The predicted molar refractivity (Wildman–Crippen MR) is 121 cm³/mol. The van der Waals surface area contributed by atoms with E-state index in [9.17, 15) is 4.79 Å². The normalized spacial score (nSPS) is 16.6. The summed E-state index contributed by atoms with van der Waals surface area (Å²) in [6, 6.07) is 11.9. The minimum atomic E-state index is -0.220. The molecule has 3 aromatic rings. The number of carbonyl (C=O) groups is 1. The number of rotatable bonds is 5. The van der Waals surface area contributed by atoms with Crippen LogP contribution < -0.4 is 14.8 Å². The highest BCUT2D eigenvalue weighted by molar-refractivity contribution is 7.22. The van der Waals surface area contributed by atoms with Gasteiger partial charge in [-0.05, 0) is 41.5 Å². The molecule has 0 bridgehead atoms. The molecule has 0 aliphatic carbocycles. The number of amides is 1. The fourth-order valence-corrected chi connectivity index (χ4v) is 4.55. The van der Waals surface area contributed by atoms with Crippen LogP contribution in [0.4, 0.5) is 5.13 Å². The summed E-state index contributed by atoms with van der Waals surface area (Å²) in [6.07, 6.45) is 3.25. The number of thiazole rings is 1. The number of benzene rings is 2. The van der Waals surface area contributed by atoms with Gasteiger partial charge in [-0.3, -0.25) is 15.0 Å². The number of hydrogen-bond donors (Lipinski definition) is 1. The molecule has 1 aromatic heterocycles. The average Bonchev–Trinajstić information content (AvgIpc) is 3.19. The van der Waals surface area contributed by atoms with Crippen LogP contribution in [0.1, 0.15) is 11.1 Å². The monoisotopic (exact) mass is 437 g/mol. The van der Waals surface area contributed by atoms with E-state index in [1.54, 1.807) is 6.08 Å². The largest absolute Gasteiger partial charge is 0.486 e. The molecular weight excluding hydrogens is 414 g/mol. The first-order chi connectivity index (χ1) is 15.2. The Morgan fingerprint density at radius 1 is 1.06 bits per heavy atom. The van der Waals surface area contributed by atoms with Gasteiger partial charge in [-0.15, -0.1) is 0 Å². The molecule has 1 fully saturated rings. The number of fused-ring (bicyclic) bond motifs is 2. The molecule has 0 spiro atoms. The first kappa shape index (κ1) is 20.0. The quantitative estimate of drug-likeness (QED) is 0.616. The van der Waals surface area contributed by atoms with E-state index in [0.717, 1.165) is 54.4 Å². The summed E-state index contributed by atoms with van der Waals surface area (Å²) in [4.78, 5) is 19.3. The van der Waals surface area contributed by atoms with Crippen LogP contribution in [0.25, 0.3) is 16.3 Å². The number of nitrogens with one attached hydrogen (secondary N) is 1. The highest BCUT2D eigenvalue weighted by atomic mass is 32.1. The summed E-state index contributed by atoms with van der Waals surface area (Å²) in [7, 11) is 0. The molecule has 0 unspecified atom stereocenters. The minimum absolute atomic E-state index is 0.220. The van der Waals surface area contributed by atoms with Gasteiger partial charge in [-0.25, -0.2) is 4.98 Å². The highest BCUT2D eigenvalue weighted by Gasteiger charge is 2.13. The molecular formula is C23H23N3O4S. The Balaban J connectivity index is 1.23. The van der Waals surface area contributed by atoms with E-state index in [0.29, 0.717) is 24.1 Å². The third-order valence-corrected chi connectivity index (χ3v) is 6.12. The Kier molecular flexibility index (Phi) is 5.84. The number of anilines is 1. The molecule has 0 atom stereocenters. The molecule has 0 saturated carbocycles. The lowest BCUT2D eigenvalue weighted by atomic mass is 10.2. The van der Waals surface area contributed by atoms with Crippen molar-refractivity contribution in [1.82, 2.24) is 9.88 Å². The van der Waals surface area contributed by atoms with Gasteiger partial charge in [0.15, 0.2) is 16.6 Å². The summed E-state index contributed by atoms with van der Waals surface area (Å²) in [5.74, 6) is 1.21. The smallest absolute Gasteiger partial charge is 0.250 e. The number of nitrogens with zero attached hydrogens (tertiary/aromatic N) is 2. The van der Waals surface area contributed by atoms with Crippen molar-refractivity contribution in [2.45, 2.75) is 6.54 Å². The minimum Gasteiger partial charge on any atom is -0.486 e. The van der Waals surface area contributed by atoms with Crippen molar-refractivity contribution in [2.75, 3.05) is 44.8 Å². The number of aromatic nitrogens is 1. The van der Waals surface area contributed by atoms with Crippen molar-refractivity contribution in [1.29, 1.82) is 0 Å². The van der Waals surface area contributed by atoms with Gasteiger partial charge >= 0.3 is 0 Å². The second-order valence-corrected chi connectivity index (χ2v) is 8.47. The molecule has 8 heteroatoms. The molecule has 1 amide bonds. The number of ether oxygens (including phenoxy) is 3. The molecule has 7 nitrogen and oxygen atoms in total.